The van der Waals surface area contributed by atoms with Crippen molar-refractivity contribution in [1.82, 2.24) is 0 Å². The molecule has 4 aromatic rings. The Kier molecular flexibility index (Phi) is 5.57. The highest BCUT2D eigenvalue weighted by Gasteiger charge is 2.18. The number of benzene rings is 4. The number of carbonyl (C=O) groups excluding carboxylic acids is 1. The summed E-state index contributed by atoms with van der Waals surface area (Å²) in [6, 6.07) is 22.1. The Hall–Kier alpha value is -4.24. The maximum Gasteiger partial charge on any atom is 0.295 e. The first-order valence-electron chi connectivity index (χ1n) is 9.49. The van der Waals surface area contributed by atoms with E-state index in [9.17, 15) is 18.3 Å². The summed E-state index contributed by atoms with van der Waals surface area (Å²) in [7, 11) is -3.90. The molecule has 0 saturated carbocycles. The number of aromatic hydroxyl groups is 1. The second-order valence-electron chi connectivity index (χ2n) is 6.88. The van der Waals surface area contributed by atoms with Crippen molar-refractivity contribution in [1.29, 1.82) is 0 Å². The van der Waals surface area contributed by atoms with Gasteiger partial charge in [-0.15, -0.1) is 10.2 Å². The first kappa shape index (κ1) is 21.0. The van der Waals surface area contributed by atoms with Gasteiger partial charge in [-0.3, -0.25) is 9.52 Å². The average molecular weight is 446 g/mol. The van der Waals surface area contributed by atoms with Gasteiger partial charge in [0, 0.05) is 22.0 Å². The molecule has 0 unspecified atom stereocenters. The SMILES string of the molecule is Nc1ccc(C(=O)N=Nc2cc(NS(=O)(=O)c3ccccc3)c3ccccc3c2O)cc1. The fraction of sp³-hybridized carbons (Fsp3) is 0. The van der Waals surface area contributed by atoms with Crippen LogP contribution in [0.2, 0.25) is 0 Å². The Morgan fingerprint density at radius 1 is 0.875 bits per heavy atom. The lowest BCUT2D eigenvalue weighted by molar-refractivity contribution is 0.0995. The Balaban J connectivity index is 1.75. The number of azo groups is 1. The molecule has 0 aliphatic heterocycles. The highest BCUT2D eigenvalue weighted by atomic mass is 32.2. The van der Waals surface area contributed by atoms with Crippen LogP contribution >= 0.6 is 0 Å². The van der Waals surface area contributed by atoms with Crippen molar-refractivity contribution in [2.45, 2.75) is 4.90 Å². The fourth-order valence-corrected chi connectivity index (χ4v) is 4.18. The minimum absolute atomic E-state index is 0.0572. The normalized spacial score (nSPS) is 11.6. The Bertz CT molecular complexity index is 1430. The van der Waals surface area contributed by atoms with Crippen LogP contribution in [0.25, 0.3) is 10.8 Å². The molecule has 0 spiro atoms. The number of phenols is 1. The molecule has 4 aromatic carbocycles. The molecule has 0 bridgehead atoms. The number of carbonyl (C=O) groups is 1. The third-order valence-electron chi connectivity index (χ3n) is 4.70. The summed E-state index contributed by atoms with van der Waals surface area (Å²) >= 11 is 0. The van der Waals surface area contributed by atoms with Crippen LogP contribution in [0.15, 0.2) is 100 Å². The monoisotopic (exact) mass is 446 g/mol. The molecule has 4 N–H and O–H groups in total. The van der Waals surface area contributed by atoms with Crippen molar-refractivity contribution in [3.05, 3.63) is 90.5 Å². The molecule has 0 saturated heterocycles. The predicted octanol–water partition coefficient (Wildman–Crippen LogP) is 4.85. The van der Waals surface area contributed by atoms with Gasteiger partial charge in [-0.1, -0.05) is 42.5 Å². The average Bonchev–Trinajstić information content (AvgIpc) is 2.81. The number of rotatable bonds is 5. The lowest BCUT2D eigenvalue weighted by Gasteiger charge is -2.13. The van der Waals surface area contributed by atoms with Crippen LogP contribution in [0.1, 0.15) is 10.4 Å². The van der Waals surface area contributed by atoms with E-state index in [1.54, 1.807) is 54.6 Å². The summed E-state index contributed by atoms with van der Waals surface area (Å²) in [5.74, 6) is -0.860. The van der Waals surface area contributed by atoms with E-state index in [1.165, 1.54) is 30.3 Å². The summed E-state index contributed by atoms with van der Waals surface area (Å²) in [5, 5.41) is 19.0. The third kappa shape index (κ3) is 4.28. The lowest BCUT2D eigenvalue weighted by atomic mass is 10.1. The molecule has 32 heavy (non-hydrogen) atoms. The van der Waals surface area contributed by atoms with E-state index in [2.05, 4.69) is 15.0 Å². The second kappa shape index (κ2) is 8.48. The maximum absolute atomic E-state index is 12.8. The molecule has 160 valence electrons. The summed E-state index contributed by atoms with van der Waals surface area (Å²) in [6.45, 7) is 0. The van der Waals surface area contributed by atoms with E-state index >= 15 is 0 Å². The third-order valence-corrected chi connectivity index (χ3v) is 6.08. The molecule has 8 nitrogen and oxygen atoms in total. The van der Waals surface area contributed by atoms with Gasteiger partial charge in [-0.2, -0.15) is 0 Å². The smallest absolute Gasteiger partial charge is 0.295 e. The van der Waals surface area contributed by atoms with Crippen LogP contribution in [0.4, 0.5) is 17.1 Å². The standard InChI is InChI=1S/C23H18N4O4S/c24-16-12-10-15(11-13-16)23(29)26-25-21-14-20(18-8-4-5-9-19(18)22(21)28)27-32(30,31)17-6-2-1-3-7-17/h1-14,27-28H,24H2. The minimum Gasteiger partial charge on any atom is -0.505 e. The van der Waals surface area contributed by atoms with E-state index in [0.29, 0.717) is 16.5 Å². The van der Waals surface area contributed by atoms with E-state index in [1.807, 2.05) is 0 Å². The van der Waals surface area contributed by atoms with Gasteiger partial charge in [0.25, 0.3) is 15.9 Å². The summed E-state index contributed by atoms with van der Waals surface area (Å²) < 4.78 is 28.2. The van der Waals surface area contributed by atoms with Crippen molar-refractivity contribution >= 4 is 43.8 Å². The Labute approximate surface area is 184 Å². The number of phenolic OH excluding ortho intramolecular Hbond substituents is 1. The van der Waals surface area contributed by atoms with Gasteiger partial charge in [-0.25, -0.2) is 8.42 Å². The van der Waals surface area contributed by atoms with Gasteiger partial charge in [0.15, 0.2) is 5.75 Å². The zero-order valence-corrected chi connectivity index (χ0v) is 17.5. The molecule has 0 atom stereocenters. The molecule has 0 aromatic heterocycles. The van der Waals surface area contributed by atoms with E-state index in [4.69, 9.17) is 5.73 Å². The van der Waals surface area contributed by atoms with E-state index in [0.717, 1.165) is 0 Å². The number of anilines is 2. The molecule has 0 radical (unpaired) electrons. The molecule has 1 amide bonds. The predicted molar refractivity (Wildman–Crippen MR) is 123 cm³/mol. The molecular formula is C23H18N4O4S. The number of hydrogen-bond acceptors (Lipinski definition) is 6. The number of hydrogen-bond donors (Lipinski definition) is 3. The number of fused-ring (bicyclic) bond motifs is 1. The summed E-state index contributed by atoms with van der Waals surface area (Å²) in [4.78, 5) is 12.4. The number of amides is 1. The van der Waals surface area contributed by atoms with Crippen molar-refractivity contribution < 1.29 is 18.3 Å². The van der Waals surface area contributed by atoms with Crippen molar-refractivity contribution in [3.63, 3.8) is 0 Å². The molecule has 0 aliphatic carbocycles. The fourth-order valence-electron chi connectivity index (χ4n) is 3.09. The Morgan fingerprint density at radius 2 is 1.50 bits per heavy atom. The van der Waals surface area contributed by atoms with Gasteiger partial charge in [0.1, 0.15) is 5.69 Å². The first-order valence-corrected chi connectivity index (χ1v) is 11.0. The van der Waals surface area contributed by atoms with Crippen LogP contribution in [-0.2, 0) is 10.0 Å². The number of nitrogens with one attached hydrogen (secondary N) is 1. The van der Waals surface area contributed by atoms with Gasteiger partial charge in [0.05, 0.1) is 10.6 Å². The molecule has 9 heteroatoms. The second-order valence-corrected chi connectivity index (χ2v) is 8.57. The van der Waals surface area contributed by atoms with Crippen molar-refractivity contribution in [3.8, 4) is 5.75 Å². The van der Waals surface area contributed by atoms with E-state index < -0.39 is 15.9 Å². The van der Waals surface area contributed by atoms with Crippen LogP contribution in [0.5, 0.6) is 5.75 Å². The quantitative estimate of drug-likeness (QED) is 0.229. The molecule has 0 heterocycles. The molecule has 0 aliphatic rings. The number of nitrogens with two attached hydrogens (primary N) is 1. The number of nitrogen functional groups attached to an aromatic ring is 1. The zero-order valence-electron chi connectivity index (χ0n) is 16.6. The highest BCUT2D eigenvalue weighted by molar-refractivity contribution is 7.92. The number of nitrogens with zero attached hydrogens (tertiary/aromatic N) is 2. The van der Waals surface area contributed by atoms with Crippen LogP contribution < -0.4 is 10.5 Å². The van der Waals surface area contributed by atoms with Crippen molar-refractivity contribution in [2.24, 2.45) is 10.2 Å². The summed E-state index contributed by atoms with van der Waals surface area (Å²) in [5.41, 5.74) is 6.53. The molecule has 4 rings (SSSR count). The molecule has 0 fully saturated rings. The zero-order chi connectivity index (χ0) is 22.7. The lowest BCUT2D eigenvalue weighted by Crippen LogP contribution is -2.13. The van der Waals surface area contributed by atoms with Gasteiger partial charge < -0.3 is 10.8 Å². The van der Waals surface area contributed by atoms with Gasteiger partial charge in [0.2, 0.25) is 0 Å². The topological polar surface area (TPSA) is 134 Å². The first-order chi connectivity index (χ1) is 15.3. The molecular weight excluding hydrogens is 428 g/mol. The largest absolute Gasteiger partial charge is 0.505 e. The maximum atomic E-state index is 12.8. The van der Waals surface area contributed by atoms with Crippen LogP contribution in [0.3, 0.4) is 0 Å². The van der Waals surface area contributed by atoms with Crippen molar-refractivity contribution in [2.75, 3.05) is 10.5 Å². The number of sulfonamides is 1. The van der Waals surface area contributed by atoms with E-state index in [-0.39, 0.29) is 27.6 Å². The van der Waals surface area contributed by atoms with Crippen LogP contribution in [-0.4, -0.2) is 19.4 Å². The van der Waals surface area contributed by atoms with Gasteiger partial charge >= 0.3 is 0 Å². The summed E-state index contributed by atoms with van der Waals surface area (Å²) in [6.07, 6.45) is 0. The van der Waals surface area contributed by atoms with Gasteiger partial charge in [-0.05, 0) is 42.5 Å². The Morgan fingerprint density at radius 3 is 2.19 bits per heavy atom. The highest BCUT2D eigenvalue weighted by Crippen LogP contribution is 2.40. The minimum atomic E-state index is -3.90. The van der Waals surface area contributed by atoms with Crippen LogP contribution in [0, 0.1) is 0 Å².